The van der Waals surface area contributed by atoms with E-state index in [0.717, 1.165) is 12.8 Å². The Morgan fingerprint density at radius 3 is 2.61 bits per heavy atom. The Hall–Kier alpha value is -2.68. The molecule has 0 bridgehead atoms. The number of hydrogen-bond donors (Lipinski definition) is 4. The van der Waals surface area contributed by atoms with E-state index in [4.69, 9.17) is 24.7 Å². The fourth-order valence-corrected chi connectivity index (χ4v) is 3.19. The first-order valence-electron chi connectivity index (χ1n) is 13.3. The van der Waals surface area contributed by atoms with Crippen LogP contribution >= 0.6 is 0 Å². The minimum Gasteiger partial charge on any atom is -0.489 e. The fraction of sp³-hybridized carbons (Fsp3) is 0.643. The molecule has 38 heavy (non-hydrogen) atoms. The summed E-state index contributed by atoms with van der Waals surface area (Å²) in [5, 5.41) is 8.98. The molecule has 0 heterocycles. The Morgan fingerprint density at radius 2 is 1.84 bits per heavy atom. The minimum absolute atomic E-state index is 0.0784. The van der Waals surface area contributed by atoms with Gasteiger partial charge in [-0.15, -0.1) is 0 Å². The van der Waals surface area contributed by atoms with Crippen LogP contribution in [0.1, 0.15) is 50.9 Å². The molecule has 2 amide bonds. The summed E-state index contributed by atoms with van der Waals surface area (Å²) in [4.78, 5) is 24.1. The number of hydrogen-bond acceptors (Lipinski definition) is 8. The van der Waals surface area contributed by atoms with E-state index in [0.29, 0.717) is 56.1 Å². The number of nitrogens with two attached hydrogens (primary N) is 1. The summed E-state index contributed by atoms with van der Waals surface area (Å²) < 4.78 is 21.7. The number of benzene rings is 1. The van der Waals surface area contributed by atoms with Gasteiger partial charge >= 0.3 is 0 Å². The van der Waals surface area contributed by atoms with Crippen molar-refractivity contribution in [3.05, 3.63) is 29.8 Å². The molecule has 1 aromatic carbocycles. The maximum absolute atomic E-state index is 12.4. The molecule has 0 aliphatic rings. The highest BCUT2D eigenvalue weighted by atomic mass is 16.6. The number of carbonyl (C=O) groups is 2. The molecule has 0 spiro atoms. The molecular formula is C28H46N4O6. The van der Waals surface area contributed by atoms with Crippen molar-refractivity contribution in [3.63, 3.8) is 0 Å². The Bertz CT molecular complexity index is 855. The smallest absolute Gasteiger partial charge is 0.251 e. The van der Waals surface area contributed by atoms with Gasteiger partial charge in [-0.2, -0.15) is 0 Å². The van der Waals surface area contributed by atoms with E-state index in [9.17, 15) is 9.59 Å². The van der Waals surface area contributed by atoms with Gasteiger partial charge in [0, 0.05) is 37.2 Å². The van der Waals surface area contributed by atoms with E-state index in [2.05, 4.69) is 41.6 Å². The highest BCUT2D eigenvalue weighted by molar-refractivity contribution is 5.94. The van der Waals surface area contributed by atoms with Gasteiger partial charge in [0.1, 0.15) is 31.8 Å². The Kier molecular flexibility index (Phi) is 18.7. The SMILES string of the molecule is CCCC(C)NCCNC(=O)c1cccc(OCC(N)OCCOCC(=O)NCCOCC#CC(C)C)c1. The second kappa shape index (κ2) is 21.3. The molecule has 1 aromatic rings. The molecule has 0 aromatic heterocycles. The quantitative estimate of drug-likeness (QED) is 0.113. The average molecular weight is 535 g/mol. The number of carbonyl (C=O) groups excluding carboxylic acids is 2. The first-order chi connectivity index (χ1) is 18.3. The Balaban J connectivity index is 2.13. The van der Waals surface area contributed by atoms with E-state index in [1.807, 2.05) is 13.8 Å². The summed E-state index contributed by atoms with van der Waals surface area (Å²) in [6.45, 7) is 11.2. The van der Waals surface area contributed by atoms with E-state index in [1.54, 1.807) is 24.3 Å². The number of rotatable bonds is 20. The van der Waals surface area contributed by atoms with Gasteiger partial charge in [-0.05, 0) is 31.5 Å². The van der Waals surface area contributed by atoms with Crippen LogP contribution in [-0.4, -0.2) is 83.4 Å². The molecule has 0 aliphatic carbocycles. The Morgan fingerprint density at radius 1 is 1.03 bits per heavy atom. The molecule has 5 N–H and O–H groups in total. The van der Waals surface area contributed by atoms with Gasteiger partial charge in [0.2, 0.25) is 5.91 Å². The molecule has 0 radical (unpaired) electrons. The molecule has 1 rings (SSSR count). The van der Waals surface area contributed by atoms with Crippen LogP contribution in [0.4, 0.5) is 0 Å². The van der Waals surface area contributed by atoms with Crippen molar-refractivity contribution < 1.29 is 28.5 Å². The van der Waals surface area contributed by atoms with Crippen molar-refractivity contribution in [2.45, 2.75) is 52.8 Å². The second-order valence-corrected chi connectivity index (χ2v) is 9.08. The third-order valence-electron chi connectivity index (χ3n) is 5.06. The van der Waals surface area contributed by atoms with Gasteiger partial charge in [-0.3, -0.25) is 9.59 Å². The van der Waals surface area contributed by atoms with Crippen LogP contribution in [0.15, 0.2) is 24.3 Å². The van der Waals surface area contributed by atoms with Gasteiger partial charge < -0.3 is 40.6 Å². The fourth-order valence-electron chi connectivity index (χ4n) is 3.19. The number of amides is 2. The number of ether oxygens (including phenoxy) is 4. The Labute approximate surface area is 227 Å². The van der Waals surface area contributed by atoms with Crippen molar-refractivity contribution >= 4 is 11.8 Å². The molecule has 2 atom stereocenters. The molecule has 10 heteroatoms. The highest BCUT2D eigenvalue weighted by Crippen LogP contribution is 2.13. The van der Waals surface area contributed by atoms with Gasteiger partial charge in [0.15, 0.2) is 0 Å². The summed E-state index contributed by atoms with van der Waals surface area (Å²) in [7, 11) is 0. The predicted molar refractivity (Wildman–Crippen MR) is 148 cm³/mol. The minimum atomic E-state index is -0.683. The largest absolute Gasteiger partial charge is 0.489 e. The summed E-state index contributed by atoms with van der Waals surface area (Å²) in [6, 6.07) is 7.34. The lowest BCUT2D eigenvalue weighted by Crippen LogP contribution is -2.35. The van der Waals surface area contributed by atoms with E-state index in [-0.39, 0.29) is 38.2 Å². The van der Waals surface area contributed by atoms with Crippen LogP contribution in [0, 0.1) is 17.8 Å². The van der Waals surface area contributed by atoms with Gasteiger partial charge in [0.25, 0.3) is 5.91 Å². The highest BCUT2D eigenvalue weighted by Gasteiger charge is 2.09. The normalized spacial score (nSPS) is 12.4. The van der Waals surface area contributed by atoms with Crippen LogP contribution < -0.4 is 26.4 Å². The van der Waals surface area contributed by atoms with Crippen molar-refractivity contribution in [2.24, 2.45) is 11.7 Å². The van der Waals surface area contributed by atoms with Gasteiger partial charge in [-0.1, -0.05) is 45.1 Å². The van der Waals surface area contributed by atoms with Crippen LogP contribution in [-0.2, 0) is 19.0 Å². The summed E-state index contributed by atoms with van der Waals surface area (Å²) in [6.07, 6.45) is 1.55. The lowest BCUT2D eigenvalue weighted by molar-refractivity contribution is -0.126. The molecule has 0 fully saturated rings. The maximum Gasteiger partial charge on any atom is 0.251 e. The lowest BCUT2D eigenvalue weighted by atomic mass is 10.2. The van der Waals surface area contributed by atoms with Crippen LogP contribution in [0.5, 0.6) is 5.75 Å². The zero-order valence-electron chi connectivity index (χ0n) is 23.3. The number of nitrogens with one attached hydrogen (secondary N) is 3. The molecule has 0 aliphatic heterocycles. The first kappa shape index (κ1) is 33.3. The second-order valence-electron chi connectivity index (χ2n) is 9.08. The van der Waals surface area contributed by atoms with E-state index < -0.39 is 6.23 Å². The average Bonchev–Trinajstić information content (AvgIpc) is 2.89. The zero-order chi connectivity index (χ0) is 28.0. The summed E-state index contributed by atoms with van der Waals surface area (Å²) in [5.41, 5.74) is 6.44. The lowest BCUT2D eigenvalue weighted by Gasteiger charge is -2.15. The first-order valence-corrected chi connectivity index (χ1v) is 13.3. The third kappa shape index (κ3) is 17.7. The van der Waals surface area contributed by atoms with Gasteiger partial charge in [0.05, 0.1) is 19.8 Å². The molecule has 2 unspecified atom stereocenters. The summed E-state index contributed by atoms with van der Waals surface area (Å²) >= 11 is 0. The molecule has 10 nitrogen and oxygen atoms in total. The van der Waals surface area contributed by atoms with Crippen molar-refractivity contribution in [1.82, 2.24) is 16.0 Å². The molecule has 0 saturated heterocycles. The van der Waals surface area contributed by atoms with E-state index >= 15 is 0 Å². The van der Waals surface area contributed by atoms with Crippen LogP contribution in [0.25, 0.3) is 0 Å². The van der Waals surface area contributed by atoms with Crippen molar-refractivity contribution in [1.29, 1.82) is 0 Å². The standard InChI is InChI=1S/C28H46N4O6/c1-5-8-23(4)30-12-13-32-28(34)24-10-6-11-25(19-24)38-20-26(29)37-18-17-36-21-27(33)31-14-16-35-15-7-9-22(2)3/h6,10-11,19,22-23,26,30H,5,8,12-18,20-21,29H2,1-4H3,(H,31,33)(H,32,34). The molecule has 214 valence electrons. The monoisotopic (exact) mass is 534 g/mol. The predicted octanol–water partition coefficient (Wildman–Crippen LogP) is 1.68. The van der Waals surface area contributed by atoms with Gasteiger partial charge in [-0.25, -0.2) is 0 Å². The maximum atomic E-state index is 12.4. The molecular weight excluding hydrogens is 488 g/mol. The third-order valence-corrected chi connectivity index (χ3v) is 5.06. The molecule has 0 saturated carbocycles. The van der Waals surface area contributed by atoms with Crippen LogP contribution in [0.2, 0.25) is 0 Å². The van der Waals surface area contributed by atoms with Crippen LogP contribution in [0.3, 0.4) is 0 Å². The van der Waals surface area contributed by atoms with Crippen molar-refractivity contribution in [3.8, 4) is 17.6 Å². The van der Waals surface area contributed by atoms with E-state index in [1.165, 1.54) is 0 Å². The summed E-state index contributed by atoms with van der Waals surface area (Å²) in [5.74, 6) is 6.35. The zero-order valence-corrected chi connectivity index (χ0v) is 23.3. The van der Waals surface area contributed by atoms with Crippen molar-refractivity contribution in [2.75, 3.05) is 59.3 Å². The topological polar surface area (TPSA) is 133 Å².